The Morgan fingerprint density at radius 1 is 1.06 bits per heavy atom. The molecule has 0 atom stereocenters. The van der Waals surface area contributed by atoms with E-state index in [-0.39, 0.29) is 0 Å². The second kappa shape index (κ2) is 4.42. The first-order chi connectivity index (χ1) is 8.70. The molecule has 4 nitrogen and oxygen atoms in total. The van der Waals surface area contributed by atoms with E-state index in [9.17, 15) is 0 Å². The van der Waals surface area contributed by atoms with Crippen LogP contribution in [0.1, 0.15) is 11.4 Å². The molecule has 3 N–H and O–H groups in total. The van der Waals surface area contributed by atoms with Crippen LogP contribution in [0.5, 0.6) is 0 Å². The van der Waals surface area contributed by atoms with Crippen molar-refractivity contribution in [2.24, 2.45) is 0 Å². The number of hydrogen-bond acceptors (Lipinski definition) is 3. The Morgan fingerprint density at radius 2 is 1.83 bits per heavy atom. The van der Waals surface area contributed by atoms with Crippen LogP contribution in [0.4, 0.5) is 5.82 Å². The minimum absolute atomic E-state index is 0.490. The van der Waals surface area contributed by atoms with E-state index in [4.69, 9.17) is 5.73 Å². The zero-order chi connectivity index (χ0) is 12.5. The molecular weight excluding hydrogens is 292 g/mol. The van der Waals surface area contributed by atoms with Crippen molar-refractivity contribution in [3.05, 3.63) is 52.3 Å². The van der Waals surface area contributed by atoms with Crippen molar-refractivity contribution in [2.75, 3.05) is 5.73 Å². The Balaban J connectivity index is 1.92. The smallest absolute Gasteiger partial charge is 0.179 e. The number of benzene rings is 1. The third kappa shape index (κ3) is 2.22. The SMILES string of the molecule is Nc1ccc2[nH]c(Cc3ccc(Br)cc3)nc2n1. The predicted molar refractivity (Wildman–Crippen MR) is 75.2 cm³/mol. The molecule has 2 heterocycles. The Bertz CT molecular complexity index is 688. The number of rotatable bonds is 2. The number of nitrogens with zero attached hydrogens (tertiary/aromatic N) is 2. The fourth-order valence-electron chi connectivity index (χ4n) is 1.84. The van der Waals surface area contributed by atoms with Crippen molar-refractivity contribution >= 4 is 32.9 Å². The highest BCUT2D eigenvalue weighted by molar-refractivity contribution is 9.10. The number of anilines is 1. The lowest BCUT2D eigenvalue weighted by Gasteiger charge is -1.97. The van der Waals surface area contributed by atoms with Crippen molar-refractivity contribution in [3.63, 3.8) is 0 Å². The molecule has 0 spiro atoms. The number of H-pyrrole nitrogens is 1. The van der Waals surface area contributed by atoms with Gasteiger partial charge in [-0.15, -0.1) is 0 Å². The Labute approximate surface area is 112 Å². The fraction of sp³-hybridized carbons (Fsp3) is 0.0769. The van der Waals surface area contributed by atoms with Crippen LogP contribution in [-0.4, -0.2) is 15.0 Å². The summed E-state index contributed by atoms with van der Waals surface area (Å²) in [5, 5.41) is 0. The van der Waals surface area contributed by atoms with Gasteiger partial charge in [-0.2, -0.15) is 0 Å². The molecule has 90 valence electrons. The molecule has 0 aliphatic carbocycles. The van der Waals surface area contributed by atoms with Crippen LogP contribution in [-0.2, 0) is 6.42 Å². The molecule has 18 heavy (non-hydrogen) atoms. The van der Waals surface area contributed by atoms with Gasteiger partial charge in [-0.3, -0.25) is 0 Å². The lowest BCUT2D eigenvalue weighted by atomic mass is 10.1. The molecule has 3 rings (SSSR count). The number of aromatic amines is 1. The van der Waals surface area contributed by atoms with Gasteiger partial charge in [0.25, 0.3) is 0 Å². The van der Waals surface area contributed by atoms with Gasteiger partial charge in [0.15, 0.2) is 5.65 Å². The lowest BCUT2D eigenvalue weighted by Crippen LogP contribution is -1.90. The van der Waals surface area contributed by atoms with E-state index in [1.54, 1.807) is 6.07 Å². The number of aromatic nitrogens is 3. The minimum atomic E-state index is 0.490. The maximum Gasteiger partial charge on any atom is 0.179 e. The second-order valence-corrected chi connectivity index (χ2v) is 5.01. The molecular formula is C13H11BrN4. The number of halogens is 1. The van der Waals surface area contributed by atoms with Gasteiger partial charge in [0.2, 0.25) is 0 Å². The fourth-order valence-corrected chi connectivity index (χ4v) is 2.10. The summed E-state index contributed by atoms with van der Waals surface area (Å²) in [6, 6.07) is 11.8. The van der Waals surface area contributed by atoms with Crippen LogP contribution in [0, 0.1) is 0 Å². The van der Waals surface area contributed by atoms with Crippen LogP contribution in [0.15, 0.2) is 40.9 Å². The van der Waals surface area contributed by atoms with Gasteiger partial charge in [0.1, 0.15) is 11.6 Å². The maximum absolute atomic E-state index is 5.63. The molecule has 0 saturated heterocycles. The number of fused-ring (bicyclic) bond motifs is 1. The van der Waals surface area contributed by atoms with Crippen LogP contribution in [0.3, 0.4) is 0 Å². The van der Waals surface area contributed by atoms with Crippen LogP contribution < -0.4 is 5.73 Å². The third-order valence-electron chi connectivity index (χ3n) is 2.70. The molecule has 0 aliphatic rings. The van der Waals surface area contributed by atoms with E-state index in [1.807, 2.05) is 18.2 Å². The standard InChI is InChI=1S/C13H11BrN4/c14-9-3-1-8(2-4-9)7-12-16-10-5-6-11(15)17-13(10)18-12/h1-6H,7H2,(H3,15,16,17,18). The molecule has 0 bridgehead atoms. The Kier molecular flexibility index (Phi) is 2.76. The number of nitrogen functional groups attached to an aromatic ring is 1. The normalized spacial score (nSPS) is 10.9. The summed E-state index contributed by atoms with van der Waals surface area (Å²) in [5.41, 5.74) is 8.41. The van der Waals surface area contributed by atoms with Gasteiger partial charge in [-0.1, -0.05) is 28.1 Å². The van der Waals surface area contributed by atoms with Crippen molar-refractivity contribution in [2.45, 2.75) is 6.42 Å². The molecule has 0 saturated carbocycles. The summed E-state index contributed by atoms with van der Waals surface area (Å²) >= 11 is 3.42. The summed E-state index contributed by atoms with van der Waals surface area (Å²) in [6.45, 7) is 0. The maximum atomic E-state index is 5.63. The molecule has 0 aliphatic heterocycles. The summed E-state index contributed by atoms with van der Waals surface area (Å²) < 4.78 is 1.07. The quantitative estimate of drug-likeness (QED) is 0.765. The van der Waals surface area contributed by atoms with Gasteiger partial charge in [0.05, 0.1) is 5.52 Å². The first-order valence-electron chi connectivity index (χ1n) is 5.56. The molecule has 1 aromatic carbocycles. The van der Waals surface area contributed by atoms with E-state index in [0.29, 0.717) is 11.5 Å². The van der Waals surface area contributed by atoms with Crippen molar-refractivity contribution in [1.29, 1.82) is 0 Å². The molecule has 5 heteroatoms. The third-order valence-corrected chi connectivity index (χ3v) is 3.23. The second-order valence-electron chi connectivity index (χ2n) is 4.09. The highest BCUT2D eigenvalue weighted by Crippen LogP contribution is 2.15. The van der Waals surface area contributed by atoms with Crippen molar-refractivity contribution in [1.82, 2.24) is 15.0 Å². The molecule has 0 fully saturated rings. The van der Waals surface area contributed by atoms with E-state index < -0.39 is 0 Å². The number of pyridine rings is 1. The lowest BCUT2D eigenvalue weighted by molar-refractivity contribution is 1.03. The largest absolute Gasteiger partial charge is 0.384 e. The van der Waals surface area contributed by atoms with Crippen molar-refractivity contribution < 1.29 is 0 Å². The topological polar surface area (TPSA) is 67.6 Å². The van der Waals surface area contributed by atoms with Gasteiger partial charge in [-0.05, 0) is 29.8 Å². The molecule has 0 amide bonds. The van der Waals surface area contributed by atoms with Gasteiger partial charge in [0, 0.05) is 10.9 Å². The van der Waals surface area contributed by atoms with E-state index >= 15 is 0 Å². The highest BCUT2D eigenvalue weighted by Gasteiger charge is 2.05. The molecule has 0 radical (unpaired) electrons. The van der Waals surface area contributed by atoms with E-state index in [0.717, 1.165) is 22.2 Å². The number of nitrogens with two attached hydrogens (primary N) is 1. The summed E-state index contributed by atoms with van der Waals surface area (Å²) in [5.74, 6) is 1.38. The minimum Gasteiger partial charge on any atom is -0.384 e. The zero-order valence-corrected chi connectivity index (χ0v) is 11.1. The van der Waals surface area contributed by atoms with Gasteiger partial charge >= 0.3 is 0 Å². The number of hydrogen-bond donors (Lipinski definition) is 2. The van der Waals surface area contributed by atoms with Crippen LogP contribution in [0.2, 0.25) is 0 Å². The number of nitrogens with one attached hydrogen (secondary N) is 1. The highest BCUT2D eigenvalue weighted by atomic mass is 79.9. The molecule has 2 aromatic heterocycles. The van der Waals surface area contributed by atoms with Crippen molar-refractivity contribution in [3.8, 4) is 0 Å². The van der Waals surface area contributed by atoms with Crippen LogP contribution in [0.25, 0.3) is 11.2 Å². The monoisotopic (exact) mass is 302 g/mol. The van der Waals surface area contributed by atoms with Gasteiger partial charge in [-0.25, -0.2) is 9.97 Å². The Hall–Kier alpha value is -1.88. The summed E-state index contributed by atoms with van der Waals surface area (Å²) in [6.07, 6.45) is 0.754. The molecule has 0 unspecified atom stereocenters. The van der Waals surface area contributed by atoms with Gasteiger partial charge < -0.3 is 10.7 Å². The zero-order valence-electron chi connectivity index (χ0n) is 9.52. The molecule has 3 aromatic rings. The van der Waals surface area contributed by atoms with E-state index in [2.05, 4.69) is 43.0 Å². The van der Waals surface area contributed by atoms with E-state index in [1.165, 1.54) is 5.56 Å². The Morgan fingerprint density at radius 3 is 2.61 bits per heavy atom. The first kappa shape index (κ1) is 11.2. The summed E-state index contributed by atoms with van der Waals surface area (Å²) in [7, 11) is 0. The van der Waals surface area contributed by atoms with Crippen LogP contribution >= 0.6 is 15.9 Å². The summed E-state index contributed by atoms with van der Waals surface area (Å²) in [4.78, 5) is 11.9. The number of imidazole rings is 1. The average molecular weight is 303 g/mol. The average Bonchev–Trinajstić information content (AvgIpc) is 2.73. The predicted octanol–water partition coefficient (Wildman–Crippen LogP) is 2.89. The first-order valence-corrected chi connectivity index (χ1v) is 6.35.